The van der Waals surface area contributed by atoms with Crippen LogP contribution in [0.3, 0.4) is 0 Å². The predicted molar refractivity (Wildman–Crippen MR) is 100 cm³/mol. The number of amides is 1. The first-order valence-corrected chi connectivity index (χ1v) is 8.99. The van der Waals surface area contributed by atoms with Crippen molar-refractivity contribution in [1.82, 2.24) is 0 Å². The summed E-state index contributed by atoms with van der Waals surface area (Å²) in [5.74, 6) is -1.86. The van der Waals surface area contributed by atoms with Gasteiger partial charge in [-0.1, -0.05) is 18.2 Å². The van der Waals surface area contributed by atoms with Gasteiger partial charge in [-0.05, 0) is 30.3 Å². The first-order valence-electron chi connectivity index (χ1n) is 8.99. The van der Waals surface area contributed by atoms with Crippen LogP contribution in [0.5, 0.6) is 0 Å². The zero-order valence-electron chi connectivity index (χ0n) is 15.0. The Morgan fingerprint density at radius 1 is 1.04 bits per heavy atom. The number of anilines is 2. The number of rotatable bonds is 6. The fourth-order valence-electron chi connectivity index (χ4n) is 3.30. The van der Waals surface area contributed by atoms with Gasteiger partial charge < -0.3 is 30.1 Å². The second-order valence-corrected chi connectivity index (χ2v) is 6.54. The molecule has 0 bridgehead atoms. The Morgan fingerprint density at radius 3 is 2.26 bits per heavy atom. The number of carbonyl (C=O) groups excluding carboxylic acids is 2. The molecule has 2 aromatic rings. The molecule has 1 heterocycles. The molecule has 1 saturated heterocycles. The molecule has 0 atom stereocenters. The molecule has 7 heteroatoms. The number of benzene rings is 2. The van der Waals surface area contributed by atoms with Gasteiger partial charge in [0.05, 0.1) is 38.8 Å². The number of carboxylic acid groups (broad SMARTS) is 1. The molecule has 7 nitrogen and oxygen atoms in total. The number of carbonyl (C=O) groups is 2. The van der Waals surface area contributed by atoms with E-state index in [0.717, 1.165) is 38.4 Å². The molecule has 1 aliphatic rings. The molecule has 0 radical (unpaired) electrons. The summed E-state index contributed by atoms with van der Waals surface area (Å²) in [6.07, 6.45) is 0. The topological polar surface area (TPSA) is 97.1 Å². The van der Waals surface area contributed by atoms with E-state index in [9.17, 15) is 14.7 Å². The molecule has 27 heavy (non-hydrogen) atoms. The third kappa shape index (κ3) is 4.64. The molecular weight excluding hydrogens is 346 g/mol. The zero-order valence-corrected chi connectivity index (χ0v) is 15.0. The lowest BCUT2D eigenvalue weighted by molar-refractivity contribution is -0.900. The van der Waals surface area contributed by atoms with Crippen LogP contribution in [-0.2, 0) is 0 Å². The number of aliphatic hydroxyl groups is 1. The van der Waals surface area contributed by atoms with E-state index in [0.29, 0.717) is 5.69 Å². The molecule has 0 aromatic heterocycles. The Labute approximate surface area is 157 Å². The number of piperazine rings is 1. The number of hydrogen-bond donors (Lipinski definition) is 3. The molecule has 1 fully saturated rings. The van der Waals surface area contributed by atoms with Gasteiger partial charge in [0, 0.05) is 22.5 Å². The second-order valence-electron chi connectivity index (χ2n) is 6.54. The van der Waals surface area contributed by atoms with Gasteiger partial charge in [-0.2, -0.15) is 0 Å². The number of nitrogens with zero attached hydrogens (tertiary/aromatic N) is 1. The summed E-state index contributed by atoms with van der Waals surface area (Å²) in [4.78, 5) is 27.2. The average Bonchev–Trinajstić information content (AvgIpc) is 2.69. The molecule has 142 valence electrons. The largest absolute Gasteiger partial charge is 0.545 e. The summed E-state index contributed by atoms with van der Waals surface area (Å²) in [7, 11) is 0. The van der Waals surface area contributed by atoms with Gasteiger partial charge >= 0.3 is 0 Å². The summed E-state index contributed by atoms with van der Waals surface area (Å²) in [5, 5.41) is 22.9. The minimum atomic E-state index is -1.38. The van der Waals surface area contributed by atoms with Gasteiger partial charge in [-0.15, -0.1) is 0 Å². The van der Waals surface area contributed by atoms with Crippen LogP contribution < -0.4 is 20.2 Å². The van der Waals surface area contributed by atoms with E-state index in [1.165, 1.54) is 17.0 Å². The third-order valence-electron chi connectivity index (χ3n) is 4.82. The summed E-state index contributed by atoms with van der Waals surface area (Å²) >= 11 is 0. The fraction of sp³-hybridized carbons (Fsp3) is 0.300. The highest BCUT2D eigenvalue weighted by Gasteiger charge is 2.19. The van der Waals surface area contributed by atoms with E-state index in [2.05, 4.69) is 10.2 Å². The maximum absolute atomic E-state index is 12.4. The minimum Gasteiger partial charge on any atom is -0.545 e. The number of aromatic carboxylic acids is 1. The van der Waals surface area contributed by atoms with Crippen molar-refractivity contribution < 1.29 is 24.7 Å². The maximum Gasteiger partial charge on any atom is 0.256 e. The van der Waals surface area contributed by atoms with E-state index < -0.39 is 11.9 Å². The first kappa shape index (κ1) is 18.9. The van der Waals surface area contributed by atoms with Crippen molar-refractivity contribution in [2.45, 2.75) is 0 Å². The lowest BCUT2D eigenvalue weighted by Gasteiger charge is -2.33. The highest BCUT2D eigenvalue weighted by atomic mass is 16.4. The van der Waals surface area contributed by atoms with Crippen LogP contribution in [0.1, 0.15) is 20.7 Å². The molecule has 1 aliphatic heterocycles. The molecule has 2 aromatic carbocycles. The van der Waals surface area contributed by atoms with E-state index in [1.54, 1.807) is 12.1 Å². The fourth-order valence-corrected chi connectivity index (χ4v) is 3.30. The van der Waals surface area contributed by atoms with Gasteiger partial charge in [0.1, 0.15) is 6.54 Å². The standard InChI is InChI=1S/C20H23N3O4/c24-14-13-22-9-11-23(12-10-22)16-7-5-15(6-8-16)21-19(25)17-3-1-2-4-18(17)20(26)27/h1-8,24H,9-14H2,(H,21,25)(H,26,27). The molecule has 0 unspecified atom stereocenters. The van der Waals surface area contributed by atoms with Crippen molar-refractivity contribution in [2.24, 2.45) is 0 Å². The lowest BCUT2D eigenvalue weighted by atomic mass is 10.1. The third-order valence-corrected chi connectivity index (χ3v) is 4.82. The minimum absolute atomic E-state index is 0.0737. The van der Waals surface area contributed by atoms with Crippen molar-refractivity contribution in [3.63, 3.8) is 0 Å². The van der Waals surface area contributed by atoms with Crippen molar-refractivity contribution >= 4 is 23.3 Å². The summed E-state index contributed by atoms with van der Waals surface area (Å²) in [5.41, 5.74) is 1.62. The predicted octanol–water partition coefficient (Wildman–Crippen LogP) is -1.00. The Balaban J connectivity index is 1.63. The summed E-state index contributed by atoms with van der Waals surface area (Å²) in [6, 6.07) is 13.5. The van der Waals surface area contributed by atoms with Crippen LogP contribution in [-0.4, -0.2) is 56.3 Å². The quantitative estimate of drug-likeness (QED) is 0.607. The Hall–Kier alpha value is -2.90. The van der Waals surface area contributed by atoms with E-state index in [-0.39, 0.29) is 17.7 Å². The molecule has 1 amide bonds. The van der Waals surface area contributed by atoms with Gasteiger partial charge in [0.15, 0.2) is 0 Å². The van der Waals surface area contributed by atoms with Gasteiger partial charge in [-0.3, -0.25) is 4.79 Å². The summed E-state index contributed by atoms with van der Waals surface area (Å²) in [6.45, 7) is 4.80. The molecule has 3 N–H and O–H groups in total. The number of hydrogen-bond acceptors (Lipinski definition) is 5. The summed E-state index contributed by atoms with van der Waals surface area (Å²) < 4.78 is 0. The lowest BCUT2D eigenvalue weighted by Crippen LogP contribution is -3.15. The van der Waals surface area contributed by atoms with Crippen molar-refractivity contribution in [3.8, 4) is 0 Å². The Bertz CT molecular complexity index is 799. The number of quaternary nitrogens is 1. The highest BCUT2D eigenvalue weighted by molar-refractivity contribution is 6.10. The van der Waals surface area contributed by atoms with Crippen LogP contribution in [0.4, 0.5) is 11.4 Å². The Morgan fingerprint density at radius 2 is 1.67 bits per heavy atom. The smallest absolute Gasteiger partial charge is 0.256 e. The van der Waals surface area contributed by atoms with Crippen molar-refractivity contribution in [2.75, 3.05) is 49.5 Å². The Kier molecular flexibility index (Phi) is 6.05. The molecule has 0 saturated carbocycles. The first-order chi connectivity index (χ1) is 13.1. The van der Waals surface area contributed by atoms with Crippen molar-refractivity contribution in [1.29, 1.82) is 0 Å². The van der Waals surface area contributed by atoms with Gasteiger partial charge in [0.2, 0.25) is 0 Å². The molecular formula is C20H23N3O4. The number of carboxylic acids is 1. The van der Waals surface area contributed by atoms with E-state index in [4.69, 9.17) is 5.11 Å². The van der Waals surface area contributed by atoms with Crippen LogP contribution in [0, 0.1) is 0 Å². The zero-order chi connectivity index (χ0) is 19.2. The second kappa shape index (κ2) is 8.66. The monoisotopic (exact) mass is 369 g/mol. The average molecular weight is 369 g/mol. The SMILES string of the molecule is O=C([O-])c1ccccc1C(=O)Nc1ccc(N2CC[NH+](CCO)CC2)cc1. The van der Waals surface area contributed by atoms with Gasteiger partial charge in [0.25, 0.3) is 5.91 Å². The number of aliphatic hydroxyl groups excluding tert-OH is 1. The van der Waals surface area contributed by atoms with Crippen LogP contribution in [0.25, 0.3) is 0 Å². The molecule has 0 spiro atoms. The van der Waals surface area contributed by atoms with Crippen molar-refractivity contribution in [3.05, 3.63) is 59.7 Å². The maximum atomic E-state index is 12.4. The van der Waals surface area contributed by atoms with Crippen LogP contribution in [0.2, 0.25) is 0 Å². The normalized spacial score (nSPS) is 14.8. The number of nitrogens with one attached hydrogen (secondary N) is 2. The van der Waals surface area contributed by atoms with Crippen LogP contribution >= 0.6 is 0 Å². The van der Waals surface area contributed by atoms with E-state index >= 15 is 0 Å². The van der Waals surface area contributed by atoms with Crippen LogP contribution in [0.15, 0.2) is 48.5 Å². The van der Waals surface area contributed by atoms with E-state index in [1.807, 2.05) is 24.3 Å². The molecule has 3 rings (SSSR count). The highest BCUT2D eigenvalue weighted by Crippen LogP contribution is 2.19. The van der Waals surface area contributed by atoms with Gasteiger partial charge in [-0.25, -0.2) is 0 Å². The molecule has 0 aliphatic carbocycles.